The first kappa shape index (κ1) is 17.4. The Morgan fingerprint density at radius 2 is 2.10 bits per heavy atom. The molecule has 1 N–H and O–H groups in total. The Kier molecular flexibility index (Phi) is 4.95. The summed E-state index contributed by atoms with van der Waals surface area (Å²) >= 11 is 0. The first-order chi connectivity index (χ1) is 9.50. The van der Waals surface area contributed by atoms with E-state index < -0.39 is 17.7 Å². The molecule has 0 amide bonds. The number of hydrogen-bond acceptors (Lipinski definition) is 4. The van der Waals surface area contributed by atoms with E-state index in [-0.39, 0.29) is 11.2 Å². The Bertz CT molecular complexity index is 521. The lowest BCUT2D eigenvalue weighted by molar-refractivity contribution is -0.153. The molecule has 21 heavy (non-hydrogen) atoms. The predicted molar refractivity (Wildman–Crippen MR) is 81.6 cm³/mol. The topological polar surface area (TPSA) is 63.6 Å². The first-order valence-corrected chi connectivity index (χ1v) is 6.98. The Morgan fingerprint density at radius 1 is 1.52 bits per heavy atom. The summed E-state index contributed by atoms with van der Waals surface area (Å²) in [6.07, 6.45) is 4.51. The molecule has 0 aromatic heterocycles. The van der Waals surface area contributed by atoms with E-state index in [1.54, 1.807) is 26.0 Å². The van der Waals surface area contributed by atoms with Gasteiger partial charge in [-0.3, -0.25) is 9.59 Å². The Morgan fingerprint density at radius 3 is 2.57 bits per heavy atom. The molecule has 0 saturated carbocycles. The van der Waals surface area contributed by atoms with Crippen molar-refractivity contribution in [2.45, 2.75) is 52.7 Å². The van der Waals surface area contributed by atoms with Crippen molar-refractivity contribution in [3.8, 4) is 0 Å². The lowest BCUT2D eigenvalue weighted by atomic mass is 9.70. The summed E-state index contributed by atoms with van der Waals surface area (Å²) in [5.74, 6) is -0.632. The second kappa shape index (κ2) is 5.98. The van der Waals surface area contributed by atoms with Crippen molar-refractivity contribution in [2.75, 3.05) is 0 Å². The molecular formula is C17H24O4. The molecule has 0 radical (unpaired) electrons. The highest BCUT2D eigenvalue weighted by atomic mass is 16.5. The molecule has 0 spiro atoms. The fourth-order valence-corrected chi connectivity index (χ4v) is 2.51. The number of aliphatic hydroxyl groups is 1. The monoisotopic (exact) mass is 292 g/mol. The van der Waals surface area contributed by atoms with E-state index in [0.29, 0.717) is 12.0 Å². The van der Waals surface area contributed by atoms with Crippen molar-refractivity contribution in [3.63, 3.8) is 0 Å². The number of allylic oxidation sites excluding steroid dienone is 2. The van der Waals surface area contributed by atoms with E-state index in [0.717, 1.165) is 5.57 Å². The molecule has 0 saturated heterocycles. The standard InChI is InChI=1S/C17H24O4/c1-7-17(6,20)9-8-13-11(2)15(19)14(21-12(3)18)10-16(13,4)5/h7-9,14,20H,1,10H2,2-6H3/t14-,17?/m0/s1. The van der Waals surface area contributed by atoms with Crippen molar-refractivity contribution >= 4 is 11.8 Å². The van der Waals surface area contributed by atoms with Gasteiger partial charge in [-0.15, -0.1) is 0 Å². The molecule has 1 aliphatic carbocycles. The molecule has 1 aliphatic rings. The molecular weight excluding hydrogens is 268 g/mol. The van der Waals surface area contributed by atoms with E-state index in [9.17, 15) is 14.7 Å². The second-order valence-corrected chi connectivity index (χ2v) is 6.35. The molecule has 0 aliphatic heterocycles. The molecule has 1 unspecified atom stereocenters. The SMILES string of the molecule is C=CC(C)(O)C=CC1=C(C)C(=O)[C@@H](OC(C)=O)CC1(C)C. The van der Waals surface area contributed by atoms with Crippen molar-refractivity contribution in [1.29, 1.82) is 0 Å². The van der Waals surface area contributed by atoms with Crippen molar-refractivity contribution in [2.24, 2.45) is 5.41 Å². The first-order valence-electron chi connectivity index (χ1n) is 6.98. The quantitative estimate of drug-likeness (QED) is 0.639. The predicted octanol–water partition coefficient (Wildman–Crippen LogP) is 2.73. The van der Waals surface area contributed by atoms with Crippen LogP contribution in [-0.2, 0) is 14.3 Å². The summed E-state index contributed by atoms with van der Waals surface area (Å²) in [5.41, 5.74) is -0.0444. The molecule has 4 heteroatoms. The van der Waals surface area contributed by atoms with Gasteiger partial charge in [0, 0.05) is 13.3 Å². The van der Waals surface area contributed by atoms with Crippen LogP contribution in [0.25, 0.3) is 0 Å². The lowest BCUT2D eigenvalue weighted by Gasteiger charge is -2.36. The third kappa shape index (κ3) is 4.14. The average molecular weight is 292 g/mol. The summed E-state index contributed by atoms with van der Waals surface area (Å²) in [6.45, 7) is 12.2. The molecule has 0 fully saturated rings. The number of carbonyl (C=O) groups excluding carboxylic acids is 2. The van der Waals surface area contributed by atoms with Gasteiger partial charge in [-0.2, -0.15) is 0 Å². The number of Topliss-reactive ketones (excluding diaryl/α,β-unsaturated/α-hetero) is 1. The number of rotatable bonds is 4. The van der Waals surface area contributed by atoms with Gasteiger partial charge in [0.25, 0.3) is 0 Å². The number of carbonyl (C=O) groups is 2. The van der Waals surface area contributed by atoms with Crippen LogP contribution in [0.5, 0.6) is 0 Å². The highest BCUT2D eigenvalue weighted by Gasteiger charge is 2.39. The minimum Gasteiger partial charge on any atom is -0.454 e. The van der Waals surface area contributed by atoms with Crippen LogP contribution in [-0.4, -0.2) is 28.6 Å². The summed E-state index contributed by atoms with van der Waals surface area (Å²) in [5, 5.41) is 9.97. The molecule has 2 atom stereocenters. The maximum absolute atomic E-state index is 12.3. The zero-order chi connectivity index (χ0) is 16.4. The van der Waals surface area contributed by atoms with Crippen LogP contribution >= 0.6 is 0 Å². The van der Waals surface area contributed by atoms with E-state index in [4.69, 9.17) is 4.74 Å². The number of ether oxygens (including phenoxy) is 1. The highest BCUT2D eigenvalue weighted by Crippen LogP contribution is 2.40. The maximum Gasteiger partial charge on any atom is 0.303 e. The van der Waals surface area contributed by atoms with Crippen LogP contribution in [0, 0.1) is 5.41 Å². The number of ketones is 1. The summed E-state index contributed by atoms with van der Waals surface area (Å²) < 4.78 is 5.11. The van der Waals surface area contributed by atoms with Crippen LogP contribution in [0.4, 0.5) is 0 Å². The van der Waals surface area contributed by atoms with E-state index >= 15 is 0 Å². The molecule has 0 aromatic carbocycles. The van der Waals surface area contributed by atoms with Gasteiger partial charge >= 0.3 is 5.97 Å². The maximum atomic E-state index is 12.3. The van der Waals surface area contributed by atoms with E-state index in [1.165, 1.54) is 13.0 Å². The van der Waals surface area contributed by atoms with Gasteiger partial charge in [-0.25, -0.2) is 0 Å². The average Bonchev–Trinajstić information content (AvgIpc) is 2.34. The summed E-state index contributed by atoms with van der Waals surface area (Å²) in [6, 6.07) is 0. The fourth-order valence-electron chi connectivity index (χ4n) is 2.51. The minimum atomic E-state index is -1.13. The molecule has 1 rings (SSSR count). The van der Waals surface area contributed by atoms with Crippen molar-refractivity contribution < 1.29 is 19.4 Å². The lowest BCUT2D eigenvalue weighted by Crippen LogP contribution is -2.38. The molecule has 0 aromatic rings. The zero-order valence-electron chi connectivity index (χ0n) is 13.4. The number of hydrogen-bond donors (Lipinski definition) is 1. The van der Waals surface area contributed by atoms with Gasteiger partial charge in [0.2, 0.25) is 0 Å². The van der Waals surface area contributed by atoms with Crippen LogP contribution in [0.3, 0.4) is 0 Å². The normalized spacial score (nSPS) is 24.9. The van der Waals surface area contributed by atoms with Gasteiger partial charge in [0.1, 0.15) is 0 Å². The third-order valence-corrected chi connectivity index (χ3v) is 3.80. The largest absolute Gasteiger partial charge is 0.454 e. The molecule has 4 nitrogen and oxygen atoms in total. The summed E-state index contributed by atoms with van der Waals surface area (Å²) in [7, 11) is 0. The van der Waals surface area contributed by atoms with Crippen LogP contribution in [0.2, 0.25) is 0 Å². The third-order valence-electron chi connectivity index (χ3n) is 3.80. The van der Waals surface area contributed by atoms with Crippen LogP contribution in [0.15, 0.2) is 36.0 Å². The summed E-state index contributed by atoms with van der Waals surface area (Å²) in [4.78, 5) is 23.4. The minimum absolute atomic E-state index is 0.178. The van der Waals surface area contributed by atoms with Gasteiger partial charge in [-0.1, -0.05) is 32.6 Å². The van der Waals surface area contributed by atoms with Gasteiger partial charge < -0.3 is 9.84 Å². The molecule has 0 bridgehead atoms. The van der Waals surface area contributed by atoms with E-state index in [2.05, 4.69) is 6.58 Å². The smallest absolute Gasteiger partial charge is 0.303 e. The molecule has 0 heterocycles. The Balaban J connectivity index is 3.18. The van der Waals surface area contributed by atoms with Gasteiger partial charge in [-0.05, 0) is 36.5 Å². The van der Waals surface area contributed by atoms with E-state index in [1.807, 2.05) is 13.8 Å². The van der Waals surface area contributed by atoms with Crippen LogP contribution < -0.4 is 0 Å². The van der Waals surface area contributed by atoms with Crippen molar-refractivity contribution in [3.05, 3.63) is 36.0 Å². The van der Waals surface area contributed by atoms with Gasteiger partial charge in [0.15, 0.2) is 11.9 Å². The Hall–Kier alpha value is -1.68. The molecule has 116 valence electrons. The van der Waals surface area contributed by atoms with Crippen molar-refractivity contribution in [1.82, 2.24) is 0 Å². The Labute approximate surface area is 126 Å². The fraction of sp³-hybridized carbons (Fsp3) is 0.529. The number of esters is 1. The highest BCUT2D eigenvalue weighted by molar-refractivity contribution is 6.01. The van der Waals surface area contributed by atoms with Gasteiger partial charge in [0.05, 0.1) is 5.60 Å². The second-order valence-electron chi connectivity index (χ2n) is 6.35. The van der Waals surface area contributed by atoms with Crippen LogP contribution in [0.1, 0.15) is 41.0 Å². The zero-order valence-corrected chi connectivity index (χ0v) is 13.4.